The summed E-state index contributed by atoms with van der Waals surface area (Å²) in [4.78, 5) is 0. The van der Waals surface area contributed by atoms with Crippen molar-refractivity contribution < 1.29 is 4.74 Å². The topological polar surface area (TPSA) is 47.3 Å². The van der Waals surface area contributed by atoms with Gasteiger partial charge in [-0.1, -0.05) is 13.3 Å². The molecule has 0 aromatic rings. The van der Waals surface area contributed by atoms with Gasteiger partial charge >= 0.3 is 0 Å². The normalized spacial score (nSPS) is 24.9. The fourth-order valence-corrected chi connectivity index (χ4v) is 1.65. The SMILES string of the molecule is CCC(CN)CNCC1CCCO1. The van der Waals surface area contributed by atoms with Crippen LogP contribution in [0.1, 0.15) is 26.2 Å². The molecule has 0 aromatic heterocycles. The number of nitrogens with two attached hydrogens (primary N) is 1. The van der Waals surface area contributed by atoms with E-state index in [1.807, 2.05) is 0 Å². The van der Waals surface area contributed by atoms with Crippen molar-refractivity contribution in [1.29, 1.82) is 0 Å². The van der Waals surface area contributed by atoms with Crippen molar-refractivity contribution >= 4 is 0 Å². The van der Waals surface area contributed by atoms with Crippen LogP contribution >= 0.6 is 0 Å². The third-order valence-corrected chi connectivity index (χ3v) is 2.74. The number of nitrogens with one attached hydrogen (secondary N) is 1. The molecule has 0 bridgehead atoms. The molecule has 0 saturated carbocycles. The molecule has 3 N–H and O–H groups in total. The molecule has 13 heavy (non-hydrogen) atoms. The van der Waals surface area contributed by atoms with Crippen molar-refractivity contribution in [2.24, 2.45) is 11.7 Å². The van der Waals surface area contributed by atoms with Gasteiger partial charge in [-0.05, 0) is 31.8 Å². The molecule has 78 valence electrons. The summed E-state index contributed by atoms with van der Waals surface area (Å²) in [6.45, 7) is 5.95. The highest BCUT2D eigenvalue weighted by Crippen LogP contribution is 2.10. The molecule has 3 heteroatoms. The molecule has 2 atom stereocenters. The monoisotopic (exact) mass is 186 g/mol. The Hall–Kier alpha value is -0.120. The van der Waals surface area contributed by atoms with E-state index in [1.54, 1.807) is 0 Å². The minimum absolute atomic E-state index is 0.454. The van der Waals surface area contributed by atoms with E-state index < -0.39 is 0 Å². The van der Waals surface area contributed by atoms with E-state index in [0.29, 0.717) is 12.0 Å². The highest BCUT2D eigenvalue weighted by molar-refractivity contribution is 4.69. The molecule has 1 heterocycles. The van der Waals surface area contributed by atoms with Gasteiger partial charge in [-0.3, -0.25) is 0 Å². The molecule has 1 saturated heterocycles. The maximum absolute atomic E-state index is 5.61. The molecule has 1 aliphatic rings. The van der Waals surface area contributed by atoms with Crippen molar-refractivity contribution in [1.82, 2.24) is 5.32 Å². The van der Waals surface area contributed by atoms with Gasteiger partial charge in [0.1, 0.15) is 0 Å². The fourth-order valence-electron chi connectivity index (χ4n) is 1.65. The number of hydrogen-bond acceptors (Lipinski definition) is 3. The largest absolute Gasteiger partial charge is 0.377 e. The highest BCUT2D eigenvalue weighted by Gasteiger charge is 2.14. The van der Waals surface area contributed by atoms with E-state index in [0.717, 1.165) is 32.7 Å². The summed E-state index contributed by atoms with van der Waals surface area (Å²) in [7, 11) is 0. The van der Waals surface area contributed by atoms with Gasteiger partial charge in [0.05, 0.1) is 6.10 Å². The van der Waals surface area contributed by atoms with Crippen LogP contribution < -0.4 is 11.1 Å². The van der Waals surface area contributed by atoms with Gasteiger partial charge < -0.3 is 15.8 Å². The van der Waals surface area contributed by atoms with Gasteiger partial charge in [-0.15, -0.1) is 0 Å². The van der Waals surface area contributed by atoms with Gasteiger partial charge in [0, 0.05) is 13.2 Å². The lowest BCUT2D eigenvalue weighted by Crippen LogP contribution is -2.33. The van der Waals surface area contributed by atoms with Crippen LogP contribution in [-0.2, 0) is 4.74 Å². The molecule has 1 fully saturated rings. The standard InChI is InChI=1S/C10H22N2O/c1-2-9(6-11)7-12-8-10-4-3-5-13-10/h9-10,12H,2-8,11H2,1H3. The minimum Gasteiger partial charge on any atom is -0.377 e. The Bertz CT molecular complexity index is 118. The molecule has 1 aliphatic heterocycles. The van der Waals surface area contributed by atoms with Crippen molar-refractivity contribution in [3.63, 3.8) is 0 Å². The van der Waals surface area contributed by atoms with Crippen LogP contribution in [0.3, 0.4) is 0 Å². The Morgan fingerprint density at radius 3 is 3.00 bits per heavy atom. The van der Waals surface area contributed by atoms with E-state index >= 15 is 0 Å². The quantitative estimate of drug-likeness (QED) is 0.643. The van der Waals surface area contributed by atoms with E-state index in [2.05, 4.69) is 12.2 Å². The lowest BCUT2D eigenvalue weighted by molar-refractivity contribution is 0.109. The zero-order valence-corrected chi connectivity index (χ0v) is 8.59. The van der Waals surface area contributed by atoms with Crippen molar-refractivity contribution in [3.05, 3.63) is 0 Å². The van der Waals surface area contributed by atoms with Gasteiger partial charge in [-0.25, -0.2) is 0 Å². The fraction of sp³-hybridized carbons (Fsp3) is 1.00. The molecule has 0 amide bonds. The molecule has 0 spiro atoms. The smallest absolute Gasteiger partial charge is 0.0700 e. The Morgan fingerprint density at radius 1 is 1.62 bits per heavy atom. The van der Waals surface area contributed by atoms with Crippen molar-refractivity contribution in [2.75, 3.05) is 26.2 Å². The lowest BCUT2D eigenvalue weighted by atomic mass is 10.1. The van der Waals surface area contributed by atoms with Crippen LogP contribution in [0.4, 0.5) is 0 Å². The van der Waals surface area contributed by atoms with Gasteiger partial charge in [0.25, 0.3) is 0 Å². The van der Waals surface area contributed by atoms with Gasteiger partial charge in [0.15, 0.2) is 0 Å². The van der Waals surface area contributed by atoms with Crippen LogP contribution in [0.5, 0.6) is 0 Å². The second-order valence-corrected chi connectivity index (χ2v) is 3.80. The Morgan fingerprint density at radius 2 is 2.46 bits per heavy atom. The maximum atomic E-state index is 5.61. The zero-order valence-electron chi connectivity index (χ0n) is 8.59. The first-order valence-electron chi connectivity index (χ1n) is 5.39. The van der Waals surface area contributed by atoms with Crippen molar-refractivity contribution in [3.8, 4) is 0 Å². The van der Waals surface area contributed by atoms with Crippen LogP contribution in [0.15, 0.2) is 0 Å². The Kier molecular flexibility index (Phi) is 5.35. The predicted octanol–water partition coefficient (Wildman–Crippen LogP) is 0.740. The average Bonchev–Trinajstić information content (AvgIpc) is 2.65. The highest BCUT2D eigenvalue weighted by atomic mass is 16.5. The van der Waals surface area contributed by atoms with Gasteiger partial charge in [-0.2, -0.15) is 0 Å². The number of ether oxygens (including phenoxy) is 1. The third kappa shape index (κ3) is 4.07. The van der Waals surface area contributed by atoms with E-state index in [9.17, 15) is 0 Å². The summed E-state index contributed by atoms with van der Waals surface area (Å²) in [5.74, 6) is 0.626. The molecule has 1 rings (SSSR count). The molecule has 2 unspecified atom stereocenters. The summed E-state index contributed by atoms with van der Waals surface area (Å²) in [5, 5.41) is 3.42. The molecular weight excluding hydrogens is 164 g/mol. The second-order valence-electron chi connectivity index (χ2n) is 3.80. The van der Waals surface area contributed by atoms with E-state index in [-0.39, 0.29) is 0 Å². The van der Waals surface area contributed by atoms with Crippen LogP contribution in [-0.4, -0.2) is 32.3 Å². The summed E-state index contributed by atoms with van der Waals surface area (Å²) in [6, 6.07) is 0. The summed E-state index contributed by atoms with van der Waals surface area (Å²) in [5.41, 5.74) is 5.61. The van der Waals surface area contributed by atoms with Crippen LogP contribution in [0.2, 0.25) is 0 Å². The average molecular weight is 186 g/mol. The predicted molar refractivity (Wildman–Crippen MR) is 54.7 cm³/mol. The van der Waals surface area contributed by atoms with Gasteiger partial charge in [0.2, 0.25) is 0 Å². The lowest BCUT2D eigenvalue weighted by Gasteiger charge is -2.15. The summed E-state index contributed by atoms with van der Waals surface area (Å²) < 4.78 is 5.51. The number of rotatable bonds is 6. The summed E-state index contributed by atoms with van der Waals surface area (Å²) in [6.07, 6.45) is 4.05. The molecule has 0 aliphatic carbocycles. The first kappa shape index (κ1) is 11.0. The first-order chi connectivity index (χ1) is 6.36. The van der Waals surface area contributed by atoms with E-state index in [1.165, 1.54) is 12.8 Å². The first-order valence-corrected chi connectivity index (χ1v) is 5.39. The molecule has 0 radical (unpaired) electrons. The Labute approximate surface area is 81.0 Å². The molecule has 0 aromatic carbocycles. The molecular formula is C10H22N2O. The van der Waals surface area contributed by atoms with Crippen LogP contribution in [0.25, 0.3) is 0 Å². The maximum Gasteiger partial charge on any atom is 0.0700 e. The second kappa shape index (κ2) is 6.35. The number of hydrogen-bond donors (Lipinski definition) is 2. The summed E-state index contributed by atoms with van der Waals surface area (Å²) >= 11 is 0. The van der Waals surface area contributed by atoms with E-state index in [4.69, 9.17) is 10.5 Å². The third-order valence-electron chi connectivity index (χ3n) is 2.74. The van der Waals surface area contributed by atoms with Crippen molar-refractivity contribution in [2.45, 2.75) is 32.3 Å². The zero-order chi connectivity index (χ0) is 9.52. The Balaban J connectivity index is 1.98. The minimum atomic E-state index is 0.454. The van der Waals surface area contributed by atoms with Crippen LogP contribution in [0, 0.1) is 5.92 Å². The molecule has 3 nitrogen and oxygen atoms in total.